The van der Waals surface area contributed by atoms with Crippen LogP contribution in [0.2, 0.25) is 0 Å². The van der Waals surface area contributed by atoms with Crippen LogP contribution >= 0.6 is 0 Å². The lowest BCUT2D eigenvalue weighted by atomic mass is 9.80. The van der Waals surface area contributed by atoms with Crippen LogP contribution in [0.25, 0.3) is 0 Å². The van der Waals surface area contributed by atoms with Gasteiger partial charge in [-0.05, 0) is 19.3 Å². The molecule has 0 bridgehead atoms. The fourth-order valence-electron chi connectivity index (χ4n) is 0.971. The van der Waals surface area contributed by atoms with E-state index in [-0.39, 0.29) is 5.91 Å². The fourth-order valence-corrected chi connectivity index (χ4v) is 0.971. The standard InChI is InChI=1S/C6H11NO2/c1-7-5(8)6(9)3-2-4-6/h9H,2-4H2,1H3,(H,7,8). The summed E-state index contributed by atoms with van der Waals surface area (Å²) in [4.78, 5) is 10.8. The van der Waals surface area contributed by atoms with Crippen molar-refractivity contribution in [2.45, 2.75) is 24.9 Å². The molecule has 1 aliphatic carbocycles. The molecule has 0 saturated heterocycles. The summed E-state index contributed by atoms with van der Waals surface area (Å²) in [5.74, 6) is -0.242. The molecule has 0 unspecified atom stereocenters. The number of hydrogen-bond donors (Lipinski definition) is 2. The predicted octanol–water partition coefficient (Wildman–Crippen LogP) is -0.353. The Kier molecular flexibility index (Phi) is 1.45. The molecule has 1 amide bonds. The molecular formula is C6H11NO2. The lowest BCUT2D eigenvalue weighted by Gasteiger charge is -2.34. The maximum absolute atomic E-state index is 10.8. The third-order valence-corrected chi connectivity index (χ3v) is 1.83. The van der Waals surface area contributed by atoms with Gasteiger partial charge in [-0.25, -0.2) is 0 Å². The molecule has 1 saturated carbocycles. The van der Waals surface area contributed by atoms with Crippen LogP contribution in [0.5, 0.6) is 0 Å². The Hall–Kier alpha value is -0.570. The van der Waals surface area contributed by atoms with Crippen LogP contribution < -0.4 is 5.32 Å². The van der Waals surface area contributed by atoms with Crippen molar-refractivity contribution < 1.29 is 9.90 Å². The van der Waals surface area contributed by atoms with E-state index in [1.165, 1.54) is 0 Å². The number of likely N-dealkylation sites (N-methyl/N-ethyl adjacent to an activating group) is 1. The molecule has 0 atom stereocenters. The normalized spacial score (nSPS) is 22.4. The fraction of sp³-hybridized carbons (Fsp3) is 0.833. The summed E-state index contributed by atoms with van der Waals surface area (Å²) in [6, 6.07) is 0. The summed E-state index contributed by atoms with van der Waals surface area (Å²) in [6.07, 6.45) is 2.20. The lowest BCUT2D eigenvalue weighted by Crippen LogP contribution is -2.50. The first-order chi connectivity index (χ1) is 4.19. The third-order valence-electron chi connectivity index (χ3n) is 1.83. The van der Waals surface area contributed by atoms with E-state index in [1.807, 2.05) is 0 Å². The van der Waals surface area contributed by atoms with Crippen molar-refractivity contribution >= 4 is 5.91 Å². The number of rotatable bonds is 1. The number of hydrogen-bond acceptors (Lipinski definition) is 2. The van der Waals surface area contributed by atoms with Gasteiger partial charge in [0.05, 0.1) is 0 Å². The molecule has 1 rings (SSSR count). The maximum Gasteiger partial charge on any atom is 0.251 e. The molecule has 9 heavy (non-hydrogen) atoms. The van der Waals surface area contributed by atoms with E-state index in [2.05, 4.69) is 5.32 Å². The van der Waals surface area contributed by atoms with Gasteiger partial charge in [0.15, 0.2) is 0 Å². The van der Waals surface area contributed by atoms with Crippen molar-refractivity contribution in [2.75, 3.05) is 7.05 Å². The third kappa shape index (κ3) is 0.920. The number of carbonyl (C=O) groups excluding carboxylic acids is 1. The molecule has 0 aromatic carbocycles. The summed E-state index contributed by atoms with van der Waals surface area (Å²) >= 11 is 0. The van der Waals surface area contributed by atoms with Crippen LogP contribution in [-0.4, -0.2) is 23.7 Å². The highest BCUT2D eigenvalue weighted by Crippen LogP contribution is 2.31. The minimum atomic E-state index is -1.02. The first-order valence-electron chi connectivity index (χ1n) is 3.13. The van der Waals surface area contributed by atoms with Crippen molar-refractivity contribution in [3.63, 3.8) is 0 Å². The van der Waals surface area contributed by atoms with Crippen molar-refractivity contribution in [3.8, 4) is 0 Å². The second kappa shape index (κ2) is 1.99. The highest BCUT2D eigenvalue weighted by molar-refractivity contribution is 5.85. The van der Waals surface area contributed by atoms with Gasteiger partial charge in [-0.2, -0.15) is 0 Å². The largest absolute Gasteiger partial charge is 0.380 e. The molecule has 0 aromatic rings. The van der Waals surface area contributed by atoms with E-state index in [0.29, 0.717) is 12.8 Å². The maximum atomic E-state index is 10.8. The van der Waals surface area contributed by atoms with Crippen LogP contribution in [-0.2, 0) is 4.79 Å². The Morgan fingerprint density at radius 1 is 1.67 bits per heavy atom. The average molecular weight is 129 g/mol. The van der Waals surface area contributed by atoms with Crippen LogP contribution in [0, 0.1) is 0 Å². The van der Waals surface area contributed by atoms with Gasteiger partial charge in [-0.15, -0.1) is 0 Å². The van der Waals surface area contributed by atoms with Gasteiger partial charge >= 0.3 is 0 Å². The molecule has 2 N–H and O–H groups in total. The first-order valence-corrected chi connectivity index (χ1v) is 3.13. The zero-order chi connectivity index (χ0) is 6.91. The SMILES string of the molecule is CNC(=O)C1(O)CCC1. The highest BCUT2D eigenvalue weighted by Gasteiger charge is 2.41. The van der Waals surface area contributed by atoms with Gasteiger partial charge < -0.3 is 10.4 Å². The Balaban J connectivity index is 2.49. The summed E-state index contributed by atoms with van der Waals surface area (Å²) in [7, 11) is 1.54. The number of amides is 1. The van der Waals surface area contributed by atoms with E-state index in [1.54, 1.807) is 7.05 Å². The van der Waals surface area contributed by atoms with E-state index in [9.17, 15) is 9.90 Å². The molecule has 1 fully saturated rings. The van der Waals surface area contributed by atoms with Gasteiger partial charge in [-0.3, -0.25) is 4.79 Å². The highest BCUT2D eigenvalue weighted by atomic mass is 16.3. The van der Waals surface area contributed by atoms with Crippen LogP contribution in [0.4, 0.5) is 0 Å². The zero-order valence-corrected chi connectivity index (χ0v) is 5.48. The minimum absolute atomic E-state index is 0.242. The Labute approximate surface area is 54.1 Å². The second-order valence-corrected chi connectivity index (χ2v) is 2.46. The topological polar surface area (TPSA) is 49.3 Å². The van der Waals surface area contributed by atoms with Crippen LogP contribution in [0.1, 0.15) is 19.3 Å². The van der Waals surface area contributed by atoms with Crippen molar-refractivity contribution in [2.24, 2.45) is 0 Å². The van der Waals surface area contributed by atoms with Crippen molar-refractivity contribution in [1.29, 1.82) is 0 Å². The molecule has 0 heterocycles. The van der Waals surface area contributed by atoms with E-state index in [4.69, 9.17) is 0 Å². The average Bonchev–Trinajstić information content (AvgIpc) is 1.81. The smallest absolute Gasteiger partial charge is 0.251 e. The molecule has 52 valence electrons. The van der Waals surface area contributed by atoms with Crippen LogP contribution in [0.15, 0.2) is 0 Å². The predicted molar refractivity (Wildman–Crippen MR) is 32.9 cm³/mol. The van der Waals surface area contributed by atoms with Crippen molar-refractivity contribution in [3.05, 3.63) is 0 Å². The van der Waals surface area contributed by atoms with Crippen LogP contribution in [0.3, 0.4) is 0 Å². The quantitative estimate of drug-likeness (QED) is 0.508. The molecular weight excluding hydrogens is 118 g/mol. The molecule has 0 aromatic heterocycles. The van der Waals surface area contributed by atoms with Gasteiger partial charge in [0.1, 0.15) is 5.60 Å². The van der Waals surface area contributed by atoms with Gasteiger partial charge in [-0.1, -0.05) is 0 Å². The molecule has 1 aliphatic rings. The summed E-state index contributed by atoms with van der Waals surface area (Å²) in [6.45, 7) is 0. The first kappa shape index (κ1) is 6.55. The second-order valence-electron chi connectivity index (χ2n) is 2.46. The monoisotopic (exact) mass is 129 g/mol. The summed E-state index contributed by atoms with van der Waals surface area (Å²) in [5.41, 5.74) is -1.02. The van der Waals surface area contributed by atoms with E-state index < -0.39 is 5.60 Å². The van der Waals surface area contributed by atoms with E-state index in [0.717, 1.165) is 6.42 Å². The molecule has 0 radical (unpaired) electrons. The molecule has 0 aliphatic heterocycles. The van der Waals surface area contributed by atoms with Gasteiger partial charge in [0, 0.05) is 7.05 Å². The Bertz CT molecular complexity index is 129. The van der Waals surface area contributed by atoms with Gasteiger partial charge in [0.25, 0.3) is 5.91 Å². The summed E-state index contributed by atoms with van der Waals surface area (Å²) < 4.78 is 0. The number of nitrogens with one attached hydrogen (secondary N) is 1. The summed E-state index contributed by atoms with van der Waals surface area (Å²) in [5, 5.41) is 11.7. The Morgan fingerprint density at radius 2 is 2.22 bits per heavy atom. The molecule has 0 spiro atoms. The molecule has 3 heteroatoms. The minimum Gasteiger partial charge on any atom is -0.380 e. The molecule has 3 nitrogen and oxygen atoms in total. The number of aliphatic hydroxyl groups is 1. The lowest BCUT2D eigenvalue weighted by molar-refractivity contribution is -0.147. The Morgan fingerprint density at radius 3 is 2.33 bits per heavy atom. The van der Waals surface area contributed by atoms with E-state index >= 15 is 0 Å². The van der Waals surface area contributed by atoms with Gasteiger partial charge in [0.2, 0.25) is 0 Å². The number of carbonyl (C=O) groups is 1. The zero-order valence-electron chi connectivity index (χ0n) is 5.48. The van der Waals surface area contributed by atoms with Crippen molar-refractivity contribution in [1.82, 2.24) is 5.32 Å².